The average molecular weight is 267 g/mol. The van der Waals surface area contributed by atoms with Crippen LogP contribution in [0.1, 0.15) is 13.8 Å². The van der Waals surface area contributed by atoms with Gasteiger partial charge in [-0.05, 0) is 38.1 Å². The van der Waals surface area contributed by atoms with Crippen LogP contribution in [-0.4, -0.2) is 42.7 Å². The van der Waals surface area contributed by atoms with E-state index in [1.165, 1.54) is 24.3 Å². The zero-order chi connectivity index (χ0) is 13.8. The minimum atomic E-state index is -0.325. The molecule has 2 rings (SSSR count). The van der Waals surface area contributed by atoms with Gasteiger partial charge < -0.3 is 14.4 Å². The number of rotatable bonds is 3. The van der Waals surface area contributed by atoms with Crippen molar-refractivity contribution in [2.75, 3.05) is 19.8 Å². The Hall–Kier alpha value is -1.62. The number of hydrogen-bond acceptors (Lipinski definition) is 3. The molecule has 4 nitrogen and oxygen atoms in total. The molecule has 5 heteroatoms. The van der Waals surface area contributed by atoms with Crippen molar-refractivity contribution in [2.24, 2.45) is 0 Å². The second-order valence-electron chi connectivity index (χ2n) is 4.65. The van der Waals surface area contributed by atoms with Crippen molar-refractivity contribution in [1.29, 1.82) is 0 Å². The van der Waals surface area contributed by atoms with Gasteiger partial charge in [-0.15, -0.1) is 0 Å². The highest BCUT2D eigenvalue weighted by Gasteiger charge is 2.29. The number of benzene rings is 1. The molecule has 0 aromatic heterocycles. The van der Waals surface area contributed by atoms with Crippen molar-refractivity contribution >= 4 is 5.91 Å². The van der Waals surface area contributed by atoms with Crippen LogP contribution in [0, 0.1) is 5.82 Å². The Labute approximate surface area is 112 Å². The minimum Gasteiger partial charge on any atom is -0.484 e. The Kier molecular flexibility index (Phi) is 4.37. The summed E-state index contributed by atoms with van der Waals surface area (Å²) < 4.78 is 23.6. The van der Waals surface area contributed by atoms with Gasteiger partial charge in [-0.2, -0.15) is 0 Å². The van der Waals surface area contributed by atoms with Gasteiger partial charge >= 0.3 is 0 Å². The molecule has 2 unspecified atom stereocenters. The maximum atomic E-state index is 12.7. The van der Waals surface area contributed by atoms with Gasteiger partial charge in [0.05, 0.1) is 18.8 Å². The molecule has 19 heavy (non-hydrogen) atoms. The number of ether oxygens (including phenoxy) is 2. The van der Waals surface area contributed by atoms with Crippen molar-refractivity contribution < 1.29 is 18.7 Å². The number of morpholine rings is 1. The van der Waals surface area contributed by atoms with Gasteiger partial charge in [-0.25, -0.2) is 4.39 Å². The molecule has 1 amide bonds. The molecule has 1 fully saturated rings. The second-order valence-corrected chi connectivity index (χ2v) is 4.65. The molecule has 104 valence electrons. The van der Waals surface area contributed by atoms with E-state index >= 15 is 0 Å². The first kappa shape index (κ1) is 13.8. The third-order valence-corrected chi connectivity index (χ3v) is 3.38. The summed E-state index contributed by atoms with van der Waals surface area (Å²) in [5, 5.41) is 0. The van der Waals surface area contributed by atoms with Gasteiger partial charge in [0.1, 0.15) is 11.6 Å². The van der Waals surface area contributed by atoms with E-state index in [1.54, 1.807) is 4.90 Å². The van der Waals surface area contributed by atoms with Gasteiger partial charge in [0.2, 0.25) is 0 Å². The maximum Gasteiger partial charge on any atom is 0.260 e. The zero-order valence-electron chi connectivity index (χ0n) is 11.1. The highest BCUT2D eigenvalue weighted by molar-refractivity contribution is 5.78. The normalized spacial score (nSPS) is 23.2. The summed E-state index contributed by atoms with van der Waals surface area (Å²) in [7, 11) is 0. The van der Waals surface area contributed by atoms with Crippen LogP contribution in [0.15, 0.2) is 24.3 Å². The van der Waals surface area contributed by atoms with E-state index < -0.39 is 0 Å². The largest absolute Gasteiger partial charge is 0.484 e. The van der Waals surface area contributed by atoms with Crippen molar-refractivity contribution in [3.05, 3.63) is 30.1 Å². The molecule has 0 N–H and O–H groups in total. The van der Waals surface area contributed by atoms with Gasteiger partial charge in [-0.3, -0.25) is 4.79 Å². The molecular weight excluding hydrogens is 249 g/mol. The molecule has 0 saturated carbocycles. The fraction of sp³-hybridized carbons (Fsp3) is 0.500. The first-order valence-electron chi connectivity index (χ1n) is 6.37. The van der Waals surface area contributed by atoms with Gasteiger partial charge in [0.15, 0.2) is 6.61 Å². The van der Waals surface area contributed by atoms with Crippen LogP contribution in [0.3, 0.4) is 0 Å². The Bertz CT molecular complexity index is 435. The Morgan fingerprint density at radius 2 is 2.11 bits per heavy atom. The first-order chi connectivity index (χ1) is 9.08. The lowest BCUT2D eigenvalue weighted by molar-refractivity contribution is -0.146. The molecule has 0 aliphatic carbocycles. The maximum absolute atomic E-state index is 12.7. The van der Waals surface area contributed by atoms with E-state index in [2.05, 4.69) is 0 Å². The summed E-state index contributed by atoms with van der Waals surface area (Å²) in [5.74, 6) is 0.0880. The molecule has 1 aliphatic heterocycles. The topological polar surface area (TPSA) is 38.8 Å². The fourth-order valence-electron chi connectivity index (χ4n) is 2.04. The van der Waals surface area contributed by atoms with Gasteiger partial charge in [-0.1, -0.05) is 0 Å². The summed E-state index contributed by atoms with van der Waals surface area (Å²) in [4.78, 5) is 13.8. The lowest BCUT2D eigenvalue weighted by Gasteiger charge is -2.37. The molecule has 1 saturated heterocycles. The summed E-state index contributed by atoms with van der Waals surface area (Å²) in [6, 6.07) is 5.67. The van der Waals surface area contributed by atoms with E-state index in [0.717, 1.165) is 0 Å². The third kappa shape index (κ3) is 3.44. The second kappa shape index (κ2) is 6.02. The third-order valence-electron chi connectivity index (χ3n) is 3.38. The summed E-state index contributed by atoms with van der Waals surface area (Å²) >= 11 is 0. The number of carbonyl (C=O) groups excluding carboxylic acids is 1. The fourth-order valence-corrected chi connectivity index (χ4v) is 2.04. The predicted octanol–water partition coefficient (Wildman–Crippen LogP) is 1.84. The molecule has 0 radical (unpaired) electrons. The number of carbonyl (C=O) groups is 1. The lowest BCUT2D eigenvalue weighted by atomic mass is 10.1. The van der Waals surface area contributed by atoms with Crippen LogP contribution in [0.25, 0.3) is 0 Å². The van der Waals surface area contributed by atoms with Crippen LogP contribution in [-0.2, 0) is 9.53 Å². The molecule has 1 aliphatic rings. The average Bonchev–Trinajstić information content (AvgIpc) is 2.41. The van der Waals surface area contributed by atoms with Crippen LogP contribution < -0.4 is 4.74 Å². The molecule has 1 heterocycles. The van der Waals surface area contributed by atoms with E-state index in [-0.39, 0.29) is 30.5 Å². The predicted molar refractivity (Wildman–Crippen MR) is 68.5 cm³/mol. The number of amides is 1. The highest BCUT2D eigenvalue weighted by atomic mass is 19.1. The summed E-state index contributed by atoms with van der Waals surface area (Å²) in [6.07, 6.45) is 0.0310. The van der Waals surface area contributed by atoms with E-state index in [1.807, 2.05) is 13.8 Å². The monoisotopic (exact) mass is 267 g/mol. The lowest BCUT2D eigenvalue weighted by Crippen LogP contribution is -2.52. The molecular formula is C14H18FNO3. The summed E-state index contributed by atoms with van der Waals surface area (Å²) in [6.45, 7) is 5.00. The van der Waals surface area contributed by atoms with Crippen molar-refractivity contribution in [1.82, 2.24) is 4.90 Å². The summed E-state index contributed by atoms with van der Waals surface area (Å²) in [5.41, 5.74) is 0. The molecule has 2 atom stereocenters. The van der Waals surface area contributed by atoms with E-state index in [9.17, 15) is 9.18 Å². The Balaban J connectivity index is 1.88. The Morgan fingerprint density at radius 1 is 1.42 bits per heavy atom. The molecule has 0 spiro atoms. The van der Waals surface area contributed by atoms with Crippen molar-refractivity contribution in [3.63, 3.8) is 0 Å². The van der Waals surface area contributed by atoms with Crippen LogP contribution in [0.4, 0.5) is 4.39 Å². The SMILES string of the molecule is CC1OCCN(C(=O)COc2ccc(F)cc2)C1C. The quantitative estimate of drug-likeness (QED) is 0.839. The zero-order valence-corrected chi connectivity index (χ0v) is 11.1. The van der Waals surface area contributed by atoms with Crippen molar-refractivity contribution in [3.8, 4) is 5.75 Å². The van der Waals surface area contributed by atoms with E-state index in [0.29, 0.717) is 18.9 Å². The van der Waals surface area contributed by atoms with Crippen molar-refractivity contribution in [2.45, 2.75) is 26.0 Å². The van der Waals surface area contributed by atoms with Gasteiger partial charge in [0, 0.05) is 6.54 Å². The molecule has 1 aromatic rings. The number of nitrogens with zero attached hydrogens (tertiary/aromatic N) is 1. The van der Waals surface area contributed by atoms with Crippen LogP contribution >= 0.6 is 0 Å². The van der Waals surface area contributed by atoms with Gasteiger partial charge in [0.25, 0.3) is 5.91 Å². The van der Waals surface area contributed by atoms with Crippen LogP contribution in [0.5, 0.6) is 5.75 Å². The first-order valence-corrected chi connectivity index (χ1v) is 6.37. The molecule has 1 aromatic carbocycles. The minimum absolute atomic E-state index is 0.0310. The number of halogens is 1. The number of hydrogen-bond donors (Lipinski definition) is 0. The Morgan fingerprint density at radius 3 is 2.79 bits per heavy atom. The van der Waals surface area contributed by atoms with Crippen LogP contribution in [0.2, 0.25) is 0 Å². The van der Waals surface area contributed by atoms with E-state index in [4.69, 9.17) is 9.47 Å². The smallest absolute Gasteiger partial charge is 0.260 e. The highest BCUT2D eigenvalue weighted by Crippen LogP contribution is 2.15. The molecule has 0 bridgehead atoms. The standard InChI is InChI=1S/C14H18FNO3/c1-10-11(2)18-8-7-16(10)14(17)9-19-13-5-3-12(15)4-6-13/h3-6,10-11H,7-9H2,1-2H3.